The third-order valence-corrected chi connectivity index (χ3v) is 5.47. The zero-order chi connectivity index (χ0) is 20.9. The molecule has 0 saturated carbocycles. The molecule has 0 aliphatic carbocycles. The zero-order valence-corrected chi connectivity index (χ0v) is 18.2. The van der Waals surface area contributed by atoms with Crippen molar-refractivity contribution in [2.75, 3.05) is 13.1 Å². The molecular formula is C25H34N2O2. The lowest BCUT2D eigenvalue weighted by Gasteiger charge is -2.20. The van der Waals surface area contributed by atoms with E-state index in [-0.39, 0.29) is 11.3 Å². The number of likely N-dealkylation sites (tertiary alicyclic amines) is 1. The largest absolute Gasteiger partial charge is 0.481 e. The first kappa shape index (κ1) is 21.4. The van der Waals surface area contributed by atoms with E-state index in [0.29, 0.717) is 12.3 Å². The smallest absolute Gasteiger partial charge is 0.261 e. The average Bonchev–Trinajstić information content (AvgIpc) is 3.19. The van der Waals surface area contributed by atoms with Gasteiger partial charge in [-0.3, -0.25) is 9.69 Å². The SMILES string of the molecule is CC(Oc1ccc(C(C)(C)C)cc1)C(=O)NCc1cccc(CN2CCCC2)c1. The maximum Gasteiger partial charge on any atom is 0.261 e. The fraction of sp³-hybridized carbons (Fsp3) is 0.480. The Morgan fingerprint density at radius 3 is 2.38 bits per heavy atom. The van der Waals surface area contributed by atoms with Gasteiger partial charge >= 0.3 is 0 Å². The van der Waals surface area contributed by atoms with Crippen LogP contribution in [-0.2, 0) is 23.3 Å². The van der Waals surface area contributed by atoms with Gasteiger partial charge in [-0.25, -0.2) is 0 Å². The van der Waals surface area contributed by atoms with Gasteiger partial charge in [-0.2, -0.15) is 0 Å². The highest BCUT2D eigenvalue weighted by Crippen LogP contribution is 2.24. The lowest BCUT2D eigenvalue weighted by Crippen LogP contribution is -2.35. The maximum absolute atomic E-state index is 12.5. The summed E-state index contributed by atoms with van der Waals surface area (Å²) < 4.78 is 5.83. The summed E-state index contributed by atoms with van der Waals surface area (Å²) in [5, 5.41) is 3.00. The van der Waals surface area contributed by atoms with Crippen molar-refractivity contribution in [3.05, 3.63) is 65.2 Å². The van der Waals surface area contributed by atoms with Gasteiger partial charge < -0.3 is 10.1 Å². The molecule has 1 aliphatic rings. The van der Waals surface area contributed by atoms with Crippen LogP contribution in [0.5, 0.6) is 5.75 Å². The molecule has 0 radical (unpaired) electrons. The van der Waals surface area contributed by atoms with Crippen LogP contribution in [-0.4, -0.2) is 30.0 Å². The number of carbonyl (C=O) groups is 1. The molecule has 1 fully saturated rings. The summed E-state index contributed by atoms with van der Waals surface area (Å²) in [5.74, 6) is 0.614. The molecule has 3 rings (SSSR count). The standard InChI is InChI=1S/C25H34N2O2/c1-19(29-23-12-10-22(11-13-23)25(2,3)4)24(28)26-17-20-8-7-9-21(16-20)18-27-14-5-6-15-27/h7-13,16,19H,5-6,14-15,17-18H2,1-4H3,(H,26,28). The molecule has 1 amide bonds. The number of carbonyl (C=O) groups excluding carboxylic acids is 1. The number of hydrogen-bond donors (Lipinski definition) is 1. The first-order valence-corrected chi connectivity index (χ1v) is 10.7. The Morgan fingerprint density at radius 2 is 1.72 bits per heavy atom. The van der Waals surface area contributed by atoms with E-state index in [4.69, 9.17) is 4.74 Å². The van der Waals surface area contributed by atoms with Gasteiger partial charge in [0.2, 0.25) is 0 Å². The van der Waals surface area contributed by atoms with E-state index < -0.39 is 6.10 Å². The molecule has 1 heterocycles. The van der Waals surface area contributed by atoms with E-state index in [1.54, 1.807) is 6.92 Å². The van der Waals surface area contributed by atoms with Gasteiger partial charge in [0.1, 0.15) is 5.75 Å². The first-order chi connectivity index (χ1) is 13.8. The molecule has 29 heavy (non-hydrogen) atoms. The number of rotatable bonds is 7. The van der Waals surface area contributed by atoms with Crippen LogP contribution in [0.4, 0.5) is 0 Å². The summed E-state index contributed by atoms with van der Waals surface area (Å²) in [6.07, 6.45) is 2.06. The van der Waals surface area contributed by atoms with Crippen molar-refractivity contribution in [2.45, 2.75) is 65.1 Å². The van der Waals surface area contributed by atoms with E-state index in [1.807, 2.05) is 12.1 Å². The molecule has 1 N–H and O–H groups in total. The normalized spacial score (nSPS) is 15.9. The van der Waals surface area contributed by atoms with Crippen molar-refractivity contribution >= 4 is 5.91 Å². The topological polar surface area (TPSA) is 41.6 Å². The highest BCUT2D eigenvalue weighted by atomic mass is 16.5. The number of benzene rings is 2. The van der Waals surface area contributed by atoms with E-state index in [1.165, 1.54) is 37.1 Å². The molecule has 1 atom stereocenters. The molecule has 4 heteroatoms. The Hall–Kier alpha value is -2.33. The molecule has 2 aromatic rings. The lowest BCUT2D eigenvalue weighted by atomic mass is 9.87. The Kier molecular flexibility index (Phi) is 6.96. The third kappa shape index (κ3) is 6.33. The van der Waals surface area contributed by atoms with Crippen LogP contribution in [0.15, 0.2) is 48.5 Å². The molecule has 0 aromatic heterocycles. The van der Waals surface area contributed by atoms with Crippen molar-refractivity contribution < 1.29 is 9.53 Å². The van der Waals surface area contributed by atoms with Crippen molar-refractivity contribution in [3.63, 3.8) is 0 Å². The van der Waals surface area contributed by atoms with E-state index >= 15 is 0 Å². The van der Waals surface area contributed by atoms with Crippen LogP contribution < -0.4 is 10.1 Å². The summed E-state index contributed by atoms with van der Waals surface area (Å²) in [6, 6.07) is 16.5. The Bertz CT molecular complexity index is 802. The van der Waals surface area contributed by atoms with Crippen LogP contribution in [0.2, 0.25) is 0 Å². The second kappa shape index (κ2) is 9.45. The summed E-state index contributed by atoms with van der Waals surface area (Å²) in [4.78, 5) is 15.0. The fourth-order valence-electron chi connectivity index (χ4n) is 3.66. The van der Waals surface area contributed by atoms with Gasteiger partial charge in [-0.15, -0.1) is 0 Å². The second-order valence-electron chi connectivity index (χ2n) is 9.06. The van der Waals surface area contributed by atoms with Crippen LogP contribution in [0.25, 0.3) is 0 Å². The number of hydrogen-bond acceptors (Lipinski definition) is 3. The fourth-order valence-corrected chi connectivity index (χ4v) is 3.66. The van der Waals surface area contributed by atoms with Crippen molar-refractivity contribution in [1.29, 1.82) is 0 Å². The molecule has 2 aromatic carbocycles. The maximum atomic E-state index is 12.5. The Morgan fingerprint density at radius 1 is 1.07 bits per heavy atom. The first-order valence-electron chi connectivity index (χ1n) is 10.7. The summed E-state index contributed by atoms with van der Waals surface area (Å²) in [6.45, 7) is 12.2. The van der Waals surface area contributed by atoms with Crippen molar-refractivity contribution in [1.82, 2.24) is 10.2 Å². The zero-order valence-electron chi connectivity index (χ0n) is 18.2. The predicted octanol–water partition coefficient (Wildman–Crippen LogP) is 4.66. The predicted molar refractivity (Wildman–Crippen MR) is 118 cm³/mol. The van der Waals surface area contributed by atoms with Gasteiger partial charge in [0.05, 0.1) is 0 Å². The van der Waals surface area contributed by atoms with Gasteiger partial charge in [0.25, 0.3) is 5.91 Å². The second-order valence-corrected chi connectivity index (χ2v) is 9.06. The molecule has 1 aliphatic heterocycles. The van der Waals surface area contributed by atoms with Crippen LogP contribution >= 0.6 is 0 Å². The van der Waals surface area contributed by atoms with E-state index in [9.17, 15) is 4.79 Å². The van der Waals surface area contributed by atoms with Gasteiger partial charge in [-0.1, -0.05) is 57.2 Å². The average molecular weight is 395 g/mol. The van der Waals surface area contributed by atoms with Crippen LogP contribution in [0, 0.1) is 0 Å². The van der Waals surface area contributed by atoms with Gasteiger partial charge in [-0.05, 0) is 67.1 Å². The van der Waals surface area contributed by atoms with Crippen LogP contribution in [0.3, 0.4) is 0 Å². The molecule has 156 valence electrons. The minimum atomic E-state index is -0.539. The van der Waals surface area contributed by atoms with Crippen molar-refractivity contribution in [3.8, 4) is 5.75 Å². The summed E-state index contributed by atoms with van der Waals surface area (Å²) in [7, 11) is 0. The molecule has 0 bridgehead atoms. The van der Waals surface area contributed by atoms with Crippen LogP contribution in [0.1, 0.15) is 57.2 Å². The monoisotopic (exact) mass is 394 g/mol. The minimum Gasteiger partial charge on any atom is -0.481 e. The highest BCUT2D eigenvalue weighted by molar-refractivity contribution is 5.80. The van der Waals surface area contributed by atoms with E-state index in [2.05, 4.69) is 67.4 Å². The van der Waals surface area contributed by atoms with E-state index in [0.717, 1.165) is 12.1 Å². The quantitative estimate of drug-likeness (QED) is 0.742. The Balaban J connectivity index is 1.49. The molecule has 4 nitrogen and oxygen atoms in total. The van der Waals surface area contributed by atoms with Crippen molar-refractivity contribution in [2.24, 2.45) is 0 Å². The van der Waals surface area contributed by atoms with Gasteiger partial charge in [0.15, 0.2) is 6.10 Å². The Labute approximate surface area is 175 Å². The third-order valence-electron chi connectivity index (χ3n) is 5.47. The number of ether oxygens (including phenoxy) is 1. The highest BCUT2D eigenvalue weighted by Gasteiger charge is 2.17. The molecular weight excluding hydrogens is 360 g/mol. The number of nitrogens with zero attached hydrogens (tertiary/aromatic N) is 1. The lowest BCUT2D eigenvalue weighted by molar-refractivity contribution is -0.127. The molecule has 0 spiro atoms. The molecule has 1 unspecified atom stereocenters. The number of nitrogens with one attached hydrogen (secondary N) is 1. The number of amides is 1. The van der Waals surface area contributed by atoms with Gasteiger partial charge in [0, 0.05) is 13.1 Å². The minimum absolute atomic E-state index is 0.102. The molecule has 1 saturated heterocycles. The summed E-state index contributed by atoms with van der Waals surface area (Å²) >= 11 is 0. The summed E-state index contributed by atoms with van der Waals surface area (Å²) in [5.41, 5.74) is 3.78.